The second-order valence-electron chi connectivity index (χ2n) is 6.63. The molecule has 24 heavy (non-hydrogen) atoms. The van der Waals surface area contributed by atoms with Gasteiger partial charge in [0.2, 0.25) is 0 Å². The monoisotopic (exact) mass is 330 g/mol. The zero-order valence-electron chi connectivity index (χ0n) is 13.9. The van der Waals surface area contributed by atoms with Crippen LogP contribution in [-0.2, 0) is 5.41 Å². The maximum absolute atomic E-state index is 11.7. The predicted octanol–water partition coefficient (Wildman–Crippen LogP) is 3.90. The summed E-state index contributed by atoms with van der Waals surface area (Å²) >= 11 is 0. The molecule has 0 saturated carbocycles. The molecule has 0 aliphatic rings. The fourth-order valence-electron chi connectivity index (χ4n) is 2.58. The summed E-state index contributed by atoms with van der Waals surface area (Å²) in [5.74, 6) is -0.754. The summed E-state index contributed by atoms with van der Waals surface area (Å²) in [6.45, 7) is 7.48. The maximum Gasteiger partial charge on any atom is 0.519 e. The van der Waals surface area contributed by atoms with Crippen molar-refractivity contribution in [2.24, 2.45) is 0 Å². The lowest BCUT2D eigenvalue weighted by molar-refractivity contribution is 0.340. The highest BCUT2D eigenvalue weighted by Crippen LogP contribution is 2.37. The van der Waals surface area contributed by atoms with E-state index in [9.17, 15) is 9.59 Å². The molecule has 0 fully saturated rings. The molecule has 3 aromatic rings. The van der Waals surface area contributed by atoms with Gasteiger partial charge in [0.15, 0.2) is 23.0 Å². The molecule has 0 bridgehead atoms. The van der Waals surface area contributed by atoms with Gasteiger partial charge in [0.05, 0.1) is 5.92 Å². The van der Waals surface area contributed by atoms with E-state index in [0.29, 0.717) is 28.6 Å². The fraction of sp³-hybridized carbons (Fsp3) is 0.333. The number of hydrogen-bond donors (Lipinski definition) is 0. The van der Waals surface area contributed by atoms with Crippen LogP contribution in [-0.4, -0.2) is 0 Å². The normalized spacial score (nSPS) is 13.2. The van der Waals surface area contributed by atoms with Gasteiger partial charge in [-0.05, 0) is 6.92 Å². The minimum absolute atomic E-state index is 0.293. The summed E-state index contributed by atoms with van der Waals surface area (Å²) in [7, 11) is 0. The number of hydrogen-bond acceptors (Lipinski definition) is 6. The van der Waals surface area contributed by atoms with Crippen molar-refractivity contribution >= 4 is 0 Å². The Kier molecular flexibility index (Phi) is 3.83. The fourth-order valence-corrected chi connectivity index (χ4v) is 2.58. The van der Waals surface area contributed by atoms with Crippen molar-refractivity contribution in [2.45, 2.75) is 39.0 Å². The Hall–Kier alpha value is -2.76. The highest BCUT2D eigenvalue weighted by Gasteiger charge is 2.33. The van der Waals surface area contributed by atoms with Crippen molar-refractivity contribution in [2.75, 3.05) is 0 Å². The van der Waals surface area contributed by atoms with E-state index in [1.807, 2.05) is 39.0 Å². The van der Waals surface area contributed by atoms with Crippen molar-refractivity contribution < 1.29 is 17.7 Å². The zero-order chi connectivity index (χ0) is 17.5. The highest BCUT2D eigenvalue weighted by atomic mass is 16.6. The Labute approximate surface area is 137 Å². The van der Waals surface area contributed by atoms with Gasteiger partial charge >= 0.3 is 11.6 Å². The number of rotatable bonds is 3. The molecule has 126 valence electrons. The van der Waals surface area contributed by atoms with Gasteiger partial charge in [-0.15, -0.1) is 0 Å². The van der Waals surface area contributed by atoms with Crippen molar-refractivity contribution in [3.05, 3.63) is 68.8 Å². The zero-order valence-corrected chi connectivity index (χ0v) is 13.9. The topological polar surface area (TPSA) is 86.7 Å². The van der Waals surface area contributed by atoms with Crippen LogP contribution in [0.4, 0.5) is 0 Å². The van der Waals surface area contributed by atoms with Crippen LogP contribution in [0.25, 0.3) is 11.3 Å². The van der Waals surface area contributed by atoms with Gasteiger partial charge < -0.3 is 17.7 Å². The largest absolute Gasteiger partial charge is 0.519 e. The van der Waals surface area contributed by atoms with Gasteiger partial charge in [-0.1, -0.05) is 51.1 Å². The molecular weight excluding hydrogens is 312 g/mol. The lowest BCUT2D eigenvalue weighted by Gasteiger charge is -2.17. The molecule has 0 amide bonds. The van der Waals surface area contributed by atoms with E-state index < -0.39 is 23.0 Å². The molecule has 3 rings (SSSR count). The molecule has 2 heterocycles. The van der Waals surface area contributed by atoms with Crippen molar-refractivity contribution in [1.29, 1.82) is 0 Å². The van der Waals surface area contributed by atoms with E-state index in [4.69, 9.17) is 17.7 Å². The summed E-state index contributed by atoms with van der Waals surface area (Å²) in [6.07, 6.45) is 0. The van der Waals surface area contributed by atoms with Crippen LogP contribution in [0.1, 0.15) is 50.9 Å². The van der Waals surface area contributed by atoms with Crippen LogP contribution in [0.15, 0.2) is 57.6 Å². The predicted molar refractivity (Wildman–Crippen MR) is 86.1 cm³/mol. The van der Waals surface area contributed by atoms with E-state index >= 15 is 0 Å². The van der Waals surface area contributed by atoms with E-state index in [1.54, 1.807) is 19.1 Å². The summed E-state index contributed by atoms with van der Waals surface area (Å²) < 4.78 is 20.9. The third kappa shape index (κ3) is 2.87. The SMILES string of the molecule is CC(c1oc(=O)oc1-c1ccccc1)c1oc(=O)oc1C(C)(C)C. The summed E-state index contributed by atoms with van der Waals surface area (Å²) in [5, 5.41) is 0. The lowest BCUT2D eigenvalue weighted by Crippen LogP contribution is -2.14. The van der Waals surface area contributed by atoms with Gasteiger partial charge in [0.25, 0.3) is 0 Å². The lowest BCUT2D eigenvalue weighted by atomic mass is 9.88. The molecule has 2 aromatic heterocycles. The molecule has 6 nitrogen and oxygen atoms in total. The van der Waals surface area contributed by atoms with Crippen molar-refractivity contribution in [3.8, 4) is 11.3 Å². The first-order valence-electron chi connectivity index (χ1n) is 7.61. The molecule has 0 radical (unpaired) electrons. The summed E-state index contributed by atoms with van der Waals surface area (Å²) in [5.41, 5.74) is 0.264. The first kappa shape index (κ1) is 16.1. The molecule has 1 unspecified atom stereocenters. The quantitative estimate of drug-likeness (QED) is 0.724. The Morgan fingerprint density at radius 2 is 1.42 bits per heavy atom. The molecule has 1 aromatic carbocycles. The van der Waals surface area contributed by atoms with Crippen LogP contribution in [0.5, 0.6) is 0 Å². The first-order valence-corrected chi connectivity index (χ1v) is 7.61. The second-order valence-corrected chi connectivity index (χ2v) is 6.63. The molecule has 0 aliphatic carbocycles. The average Bonchev–Trinajstić information content (AvgIpc) is 3.10. The van der Waals surface area contributed by atoms with Gasteiger partial charge in [0.1, 0.15) is 0 Å². The van der Waals surface area contributed by atoms with Gasteiger partial charge in [-0.25, -0.2) is 9.59 Å². The smallest absolute Gasteiger partial charge is 0.395 e. The molecule has 0 saturated heterocycles. The Bertz CT molecular complexity index is 946. The maximum atomic E-state index is 11.7. The molecule has 1 atom stereocenters. The average molecular weight is 330 g/mol. The van der Waals surface area contributed by atoms with Crippen LogP contribution in [0.3, 0.4) is 0 Å². The van der Waals surface area contributed by atoms with E-state index in [0.717, 1.165) is 0 Å². The molecule has 0 aliphatic heterocycles. The second kappa shape index (κ2) is 5.70. The number of benzene rings is 1. The standard InChI is InChI=1S/C18H18O6/c1-10(13-15(18(2,3)4)24-17(20)22-13)12-14(23-16(19)21-12)11-8-6-5-7-9-11/h5-10H,1-4H3. The first-order chi connectivity index (χ1) is 11.3. The minimum Gasteiger partial charge on any atom is -0.395 e. The summed E-state index contributed by atoms with van der Waals surface area (Å²) in [4.78, 5) is 23.3. The van der Waals surface area contributed by atoms with Gasteiger partial charge in [-0.3, -0.25) is 0 Å². The van der Waals surface area contributed by atoms with E-state index in [-0.39, 0.29) is 0 Å². The third-order valence-corrected chi connectivity index (χ3v) is 3.71. The van der Waals surface area contributed by atoms with Crippen LogP contribution in [0.2, 0.25) is 0 Å². The van der Waals surface area contributed by atoms with Crippen LogP contribution >= 0.6 is 0 Å². The Morgan fingerprint density at radius 1 is 0.833 bits per heavy atom. The van der Waals surface area contributed by atoms with E-state index in [2.05, 4.69) is 0 Å². The Balaban J connectivity index is 2.15. The van der Waals surface area contributed by atoms with Crippen LogP contribution in [0, 0.1) is 0 Å². The van der Waals surface area contributed by atoms with Crippen molar-refractivity contribution in [1.82, 2.24) is 0 Å². The molecular formula is C18H18O6. The highest BCUT2D eigenvalue weighted by molar-refractivity contribution is 5.60. The molecule has 6 heteroatoms. The van der Waals surface area contributed by atoms with Crippen LogP contribution < -0.4 is 11.6 Å². The third-order valence-electron chi connectivity index (χ3n) is 3.71. The summed E-state index contributed by atoms with van der Waals surface area (Å²) in [6, 6.07) is 9.13. The minimum atomic E-state index is -0.807. The van der Waals surface area contributed by atoms with Gasteiger partial charge in [-0.2, -0.15) is 0 Å². The van der Waals surface area contributed by atoms with Gasteiger partial charge in [0, 0.05) is 11.0 Å². The van der Waals surface area contributed by atoms with E-state index in [1.165, 1.54) is 0 Å². The Morgan fingerprint density at radius 3 is 2.04 bits per heavy atom. The molecule has 0 N–H and O–H groups in total. The molecule has 0 spiro atoms. The van der Waals surface area contributed by atoms with Crippen molar-refractivity contribution in [3.63, 3.8) is 0 Å².